The normalized spacial score (nSPS) is 17.4. The van der Waals surface area contributed by atoms with Gasteiger partial charge in [-0.25, -0.2) is 13.2 Å². The summed E-state index contributed by atoms with van der Waals surface area (Å²) in [6.45, 7) is 0.355. The first-order valence-electron chi connectivity index (χ1n) is 14.0. The van der Waals surface area contributed by atoms with E-state index in [4.69, 9.17) is 4.74 Å². The molecule has 45 heavy (non-hydrogen) atoms. The van der Waals surface area contributed by atoms with Gasteiger partial charge in [-0.1, -0.05) is 0 Å². The lowest BCUT2D eigenvalue weighted by molar-refractivity contribution is 0.0516. The number of carbonyl (C=O) groups excluding carboxylic acids is 2. The molecule has 2 aromatic carbocycles. The number of imide groups is 1. The van der Waals surface area contributed by atoms with Crippen LogP contribution in [0.3, 0.4) is 0 Å². The van der Waals surface area contributed by atoms with Gasteiger partial charge in [-0.15, -0.1) is 0 Å². The van der Waals surface area contributed by atoms with E-state index in [-0.39, 0.29) is 53.2 Å². The topological polar surface area (TPSA) is 127 Å². The van der Waals surface area contributed by atoms with Crippen molar-refractivity contribution in [2.45, 2.75) is 31.4 Å². The Bertz CT molecular complexity index is 1790. The summed E-state index contributed by atoms with van der Waals surface area (Å²) in [5.41, 5.74) is 1.71. The van der Waals surface area contributed by atoms with Crippen molar-refractivity contribution in [3.8, 4) is 5.75 Å². The smallest absolute Gasteiger partial charge is 0.261 e. The van der Waals surface area contributed by atoms with Gasteiger partial charge in [-0.05, 0) is 56.7 Å². The Morgan fingerprint density at radius 1 is 1.00 bits per heavy atom. The number of hydrogen-bond donors (Lipinski definition) is 3. The molecule has 0 spiro atoms. The summed E-state index contributed by atoms with van der Waals surface area (Å²) in [6, 6.07) is 4.47. The Balaban J connectivity index is 1.17. The number of aliphatic imine (C=N–C) groups is 1. The molecule has 1 atom stereocenters. The fourth-order valence-electron chi connectivity index (χ4n) is 5.77. The van der Waals surface area contributed by atoms with Crippen molar-refractivity contribution < 1.29 is 41.4 Å². The van der Waals surface area contributed by atoms with Gasteiger partial charge in [0.05, 0.1) is 33.8 Å². The number of nitrogens with one attached hydrogen (secondary N) is 2. The van der Waals surface area contributed by atoms with Crippen molar-refractivity contribution in [1.82, 2.24) is 14.8 Å². The summed E-state index contributed by atoms with van der Waals surface area (Å²) in [5, 5.41) is 13.1. The molecule has 2 amide bonds. The Labute approximate surface area is 252 Å². The summed E-state index contributed by atoms with van der Waals surface area (Å²) in [6.07, 6.45) is 1.36. The Hall–Kier alpha value is -4.63. The van der Waals surface area contributed by atoms with Crippen LogP contribution in [-0.2, 0) is 6.42 Å². The van der Waals surface area contributed by atoms with Crippen LogP contribution in [0.4, 0.5) is 33.3 Å². The second kappa shape index (κ2) is 11.7. The van der Waals surface area contributed by atoms with Crippen LogP contribution in [0.2, 0.25) is 0 Å². The number of fused-ring (bicyclic) bond motifs is 2. The third-order valence-corrected chi connectivity index (χ3v) is 8.15. The molecule has 0 radical (unpaired) electrons. The van der Waals surface area contributed by atoms with Crippen molar-refractivity contribution in [1.29, 1.82) is 0 Å². The molecule has 15 heteroatoms. The van der Waals surface area contributed by atoms with Gasteiger partial charge in [0.25, 0.3) is 17.4 Å². The second-order valence-corrected chi connectivity index (χ2v) is 11.1. The maximum absolute atomic E-state index is 13.9. The first-order valence-corrected chi connectivity index (χ1v) is 14.0. The maximum atomic E-state index is 13.9. The molecular formula is C30H26F5N5O5. The van der Waals surface area contributed by atoms with Gasteiger partial charge in [-0.3, -0.25) is 24.3 Å². The molecule has 3 aromatic rings. The van der Waals surface area contributed by atoms with Gasteiger partial charge in [-0.2, -0.15) is 8.78 Å². The number of amides is 2. The molecular weight excluding hydrogens is 605 g/mol. The minimum atomic E-state index is -2.34. The number of anilines is 1. The molecule has 3 N–H and O–H groups in total. The molecule has 6 rings (SSSR count). The molecule has 1 fully saturated rings. The van der Waals surface area contributed by atoms with E-state index in [1.807, 2.05) is 7.05 Å². The van der Waals surface area contributed by atoms with Crippen LogP contribution in [0.15, 0.2) is 34.2 Å². The number of aliphatic hydroxyl groups excluding tert-OH is 1. The maximum Gasteiger partial charge on any atom is 0.261 e. The number of aromatic amines is 1. The highest BCUT2D eigenvalue weighted by Gasteiger charge is 2.42. The largest absolute Gasteiger partial charge is 0.485 e. The molecule has 3 aliphatic heterocycles. The highest BCUT2D eigenvalue weighted by molar-refractivity contribution is 6.22. The number of H-pyrrole nitrogens is 1. The van der Waals surface area contributed by atoms with Crippen LogP contribution in [0.5, 0.6) is 5.75 Å². The van der Waals surface area contributed by atoms with Gasteiger partial charge in [0.2, 0.25) is 29.1 Å². The van der Waals surface area contributed by atoms with Crippen LogP contribution in [0.1, 0.15) is 44.7 Å². The minimum absolute atomic E-state index is 0.104. The Morgan fingerprint density at radius 2 is 1.62 bits per heavy atom. The van der Waals surface area contributed by atoms with E-state index < -0.39 is 53.1 Å². The summed E-state index contributed by atoms with van der Waals surface area (Å²) in [7, 11) is 1.99. The van der Waals surface area contributed by atoms with E-state index >= 15 is 0 Å². The highest BCUT2D eigenvalue weighted by atomic mass is 19.2. The molecule has 4 heterocycles. The van der Waals surface area contributed by atoms with Gasteiger partial charge in [0.15, 0.2) is 5.75 Å². The number of hydrogen-bond acceptors (Lipinski definition) is 8. The molecule has 1 aromatic heterocycles. The number of nitrogens with zero attached hydrogens (tertiary/aromatic N) is 3. The van der Waals surface area contributed by atoms with E-state index in [0.29, 0.717) is 29.8 Å². The summed E-state index contributed by atoms with van der Waals surface area (Å²) >= 11 is 0. The third-order valence-electron chi connectivity index (χ3n) is 8.15. The first kappa shape index (κ1) is 30.4. The van der Waals surface area contributed by atoms with Crippen LogP contribution in [0, 0.1) is 29.1 Å². The minimum Gasteiger partial charge on any atom is -0.485 e. The first-order chi connectivity index (χ1) is 21.5. The van der Waals surface area contributed by atoms with E-state index in [2.05, 4.69) is 20.2 Å². The number of halogens is 5. The summed E-state index contributed by atoms with van der Waals surface area (Å²) < 4.78 is 72.6. The van der Waals surface area contributed by atoms with Crippen molar-refractivity contribution in [3.05, 3.63) is 86.1 Å². The molecule has 0 bridgehead atoms. The summed E-state index contributed by atoms with van der Waals surface area (Å²) in [4.78, 5) is 50.0. The monoisotopic (exact) mass is 631 g/mol. The fourth-order valence-corrected chi connectivity index (χ4v) is 5.77. The zero-order valence-corrected chi connectivity index (χ0v) is 23.7. The lowest BCUT2D eigenvalue weighted by atomic mass is 10.00. The second-order valence-electron chi connectivity index (χ2n) is 11.1. The predicted molar refractivity (Wildman–Crippen MR) is 151 cm³/mol. The Morgan fingerprint density at radius 3 is 2.29 bits per heavy atom. The Kier molecular flexibility index (Phi) is 7.91. The molecule has 236 valence electrons. The number of piperidine rings is 1. The van der Waals surface area contributed by atoms with Crippen LogP contribution in [0.25, 0.3) is 0 Å². The summed E-state index contributed by atoms with van der Waals surface area (Å²) in [5.74, 6) is -13.3. The van der Waals surface area contributed by atoms with Gasteiger partial charge < -0.3 is 25.0 Å². The number of aromatic nitrogens is 1. The quantitative estimate of drug-likeness (QED) is 0.151. The molecule has 0 saturated carbocycles. The standard InChI is InChI=1S/C30H26F5N5O5/c1-39-6-3-14(4-7-39)40-29(43)16-8-13-9-20(38-19(13)10-17(16)30(40)44)21-18(2-5-36-28(21)42)37-11-15(41)12-45-27-25(34)23(32)22(31)24(33)26(27)35/h2,5,8,10,14-15,41H,3-4,6-7,9,11-12H2,1H3,(H2,36,37,42). The lowest BCUT2D eigenvalue weighted by Gasteiger charge is -2.33. The van der Waals surface area contributed by atoms with E-state index in [9.17, 15) is 41.4 Å². The van der Waals surface area contributed by atoms with E-state index in [1.54, 1.807) is 12.1 Å². The third kappa shape index (κ3) is 5.35. The van der Waals surface area contributed by atoms with Crippen LogP contribution in [-0.4, -0.2) is 82.9 Å². The molecule has 1 unspecified atom stereocenters. The van der Waals surface area contributed by atoms with Crippen molar-refractivity contribution in [3.63, 3.8) is 0 Å². The fraction of sp³-hybridized carbons (Fsp3) is 0.333. The van der Waals surface area contributed by atoms with E-state index in [1.165, 1.54) is 17.2 Å². The molecule has 3 aliphatic rings. The zero-order chi connectivity index (χ0) is 32.2. The van der Waals surface area contributed by atoms with Crippen LogP contribution < -0.4 is 15.6 Å². The average Bonchev–Trinajstić information content (AvgIpc) is 3.54. The van der Waals surface area contributed by atoms with E-state index in [0.717, 1.165) is 13.1 Å². The number of aliphatic hydroxyl groups is 1. The number of benzene rings is 2. The van der Waals surface area contributed by atoms with Crippen LogP contribution >= 0.6 is 0 Å². The molecule has 10 nitrogen and oxygen atoms in total. The number of pyridine rings is 1. The lowest BCUT2D eigenvalue weighted by Crippen LogP contribution is -2.46. The number of likely N-dealkylation sites (tertiary alicyclic amines) is 1. The molecule has 1 saturated heterocycles. The average molecular weight is 632 g/mol. The number of ether oxygens (including phenoxy) is 1. The number of carbonyl (C=O) groups is 2. The number of rotatable bonds is 8. The predicted octanol–water partition coefficient (Wildman–Crippen LogP) is 3.29. The van der Waals surface area contributed by atoms with Crippen molar-refractivity contribution in [2.75, 3.05) is 38.6 Å². The van der Waals surface area contributed by atoms with Crippen molar-refractivity contribution in [2.24, 2.45) is 4.99 Å². The SMILES string of the molecule is CN1CCC(N2C(=O)c3cc4c(cc3C2=O)N=C(c2c(NCC(O)COc3c(F)c(F)c(F)c(F)c3F)cc[nH]c2=O)C4)CC1. The zero-order valence-electron chi connectivity index (χ0n) is 23.7. The van der Waals surface area contributed by atoms with Gasteiger partial charge in [0.1, 0.15) is 12.7 Å². The van der Waals surface area contributed by atoms with Gasteiger partial charge >= 0.3 is 0 Å². The van der Waals surface area contributed by atoms with Crippen molar-refractivity contribution >= 4 is 28.9 Å². The molecule has 0 aliphatic carbocycles. The highest BCUT2D eigenvalue weighted by Crippen LogP contribution is 2.37. The van der Waals surface area contributed by atoms with Gasteiger partial charge in [0, 0.05) is 25.2 Å².